The summed E-state index contributed by atoms with van der Waals surface area (Å²) in [4.78, 5) is 24.4. The number of benzene rings is 2. The van der Waals surface area contributed by atoms with Crippen molar-refractivity contribution in [3.8, 4) is 23.0 Å². The van der Waals surface area contributed by atoms with Crippen molar-refractivity contribution < 1.29 is 33.3 Å². The Morgan fingerprint density at radius 3 is 2.55 bits per heavy atom. The van der Waals surface area contributed by atoms with Crippen LogP contribution in [0.25, 0.3) is 6.08 Å². The molecule has 1 heterocycles. The molecule has 2 aromatic carbocycles. The van der Waals surface area contributed by atoms with E-state index in [0.717, 1.165) is 5.56 Å². The first-order valence-corrected chi connectivity index (χ1v) is 9.10. The van der Waals surface area contributed by atoms with E-state index in [2.05, 4.69) is 0 Å². The van der Waals surface area contributed by atoms with Gasteiger partial charge in [0.15, 0.2) is 23.4 Å². The smallest absolute Gasteiger partial charge is 0.347 e. The maximum Gasteiger partial charge on any atom is 0.347 e. The second-order valence-corrected chi connectivity index (χ2v) is 6.22. The largest absolute Gasteiger partial charge is 0.493 e. The molecule has 7 heteroatoms. The lowest BCUT2D eigenvalue weighted by molar-refractivity contribution is -0.150. The van der Waals surface area contributed by atoms with Crippen LogP contribution >= 0.6 is 0 Å². The lowest BCUT2D eigenvalue weighted by Gasteiger charge is -2.13. The van der Waals surface area contributed by atoms with Gasteiger partial charge in [-0.2, -0.15) is 0 Å². The van der Waals surface area contributed by atoms with Gasteiger partial charge in [0.25, 0.3) is 0 Å². The van der Waals surface area contributed by atoms with Crippen molar-refractivity contribution in [2.45, 2.75) is 20.0 Å². The van der Waals surface area contributed by atoms with Gasteiger partial charge in [0.2, 0.25) is 5.78 Å². The number of esters is 1. The van der Waals surface area contributed by atoms with Gasteiger partial charge < -0.3 is 23.7 Å². The predicted molar refractivity (Wildman–Crippen MR) is 106 cm³/mol. The average molecular weight is 398 g/mol. The first-order chi connectivity index (χ1) is 14.0. The fourth-order valence-electron chi connectivity index (χ4n) is 2.85. The zero-order valence-electron chi connectivity index (χ0n) is 16.7. The molecule has 0 spiro atoms. The fourth-order valence-corrected chi connectivity index (χ4v) is 2.85. The topological polar surface area (TPSA) is 80.3 Å². The van der Waals surface area contributed by atoms with Gasteiger partial charge in [0.1, 0.15) is 11.5 Å². The molecule has 0 unspecified atom stereocenters. The van der Waals surface area contributed by atoms with Crippen LogP contribution in [0, 0.1) is 0 Å². The molecule has 0 fully saturated rings. The molecule has 2 aromatic rings. The summed E-state index contributed by atoms with van der Waals surface area (Å²) in [5.41, 5.74) is 1.15. The van der Waals surface area contributed by atoms with Crippen molar-refractivity contribution in [2.75, 3.05) is 20.8 Å². The number of hydrogen-bond donors (Lipinski definition) is 0. The Morgan fingerprint density at radius 1 is 1.10 bits per heavy atom. The summed E-state index contributed by atoms with van der Waals surface area (Å²) in [6.07, 6.45) is 0.860. The van der Waals surface area contributed by atoms with Crippen LogP contribution in [0.4, 0.5) is 0 Å². The van der Waals surface area contributed by atoms with Gasteiger partial charge in [-0.3, -0.25) is 4.79 Å². The van der Waals surface area contributed by atoms with Crippen molar-refractivity contribution >= 4 is 17.8 Å². The van der Waals surface area contributed by atoms with Crippen molar-refractivity contribution in [2.24, 2.45) is 0 Å². The number of methoxy groups -OCH3 is 2. The van der Waals surface area contributed by atoms with Gasteiger partial charge in [-0.1, -0.05) is 6.07 Å². The highest BCUT2D eigenvalue weighted by Crippen LogP contribution is 2.36. The van der Waals surface area contributed by atoms with Gasteiger partial charge >= 0.3 is 5.97 Å². The zero-order valence-corrected chi connectivity index (χ0v) is 16.7. The predicted octanol–water partition coefficient (Wildman–Crippen LogP) is 3.65. The Labute approximate surface area is 168 Å². The molecule has 0 N–H and O–H groups in total. The minimum atomic E-state index is -0.771. The maximum absolute atomic E-state index is 12.6. The number of carbonyl (C=O) groups is 2. The number of hydrogen-bond acceptors (Lipinski definition) is 7. The highest BCUT2D eigenvalue weighted by atomic mass is 16.6. The molecule has 1 atom stereocenters. The zero-order chi connectivity index (χ0) is 21.0. The number of Topliss-reactive ketones (excluding diaryl/α,β-unsaturated/α-hetero) is 1. The number of ketones is 1. The van der Waals surface area contributed by atoms with E-state index >= 15 is 0 Å². The number of allylic oxidation sites excluding steroid dienone is 1. The molecule has 0 bridgehead atoms. The molecule has 152 valence electrons. The van der Waals surface area contributed by atoms with Gasteiger partial charge in [-0.25, -0.2) is 4.79 Å². The van der Waals surface area contributed by atoms with Gasteiger partial charge in [0.05, 0.1) is 26.4 Å². The Balaban J connectivity index is 1.80. The van der Waals surface area contributed by atoms with Gasteiger partial charge in [-0.15, -0.1) is 0 Å². The molecule has 0 saturated heterocycles. The molecule has 29 heavy (non-hydrogen) atoms. The van der Waals surface area contributed by atoms with E-state index in [-0.39, 0.29) is 18.1 Å². The molecular formula is C22H22O7. The third kappa shape index (κ3) is 4.34. The van der Waals surface area contributed by atoms with E-state index in [1.54, 1.807) is 70.5 Å². The van der Waals surface area contributed by atoms with Crippen LogP contribution in [-0.2, 0) is 9.53 Å². The van der Waals surface area contributed by atoms with E-state index in [9.17, 15) is 9.59 Å². The standard InChI is InChI=1S/C22H22O7/c1-5-27-22(24)13(2)28-15-7-8-16-18(12-15)29-20(21(16)23)11-14-6-9-17(25-3)19(10-14)26-4/h6-13H,5H2,1-4H3/t13-/m0/s1. The highest BCUT2D eigenvalue weighted by Gasteiger charge is 2.28. The molecule has 0 amide bonds. The lowest BCUT2D eigenvalue weighted by atomic mass is 10.1. The average Bonchev–Trinajstić information content (AvgIpc) is 3.02. The van der Waals surface area contributed by atoms with E-state index in [1.807, 2.05) is 0 Å². The monoisotopic (exact) mass is 398 g/mol. The Bertz CT molecular complexity index is 962. The van der Waals surface area contributed by atoms with Crippen molar-refractivity contribution in [3.63, 3.8) is 0 Å². The van der Waals surface area contributed by atoms with Crippen LogP contribution in [0.5, 0.6) is 23.0 Å². The Kier molecular flexibility index (Phi) is 6.07. The summed E-state index contributed by atoms with van der Waals surface area (Å²) in [7, 11) is 3.10. The number of carbonyl (C=O) groups excluding carboxylic acids is 2. The maximum atomic E-state index is 12.6. The molecule has 0 aromatic heterocycles. The van der Waals surface area contributed by atoms with Crippen LogP contribution in [0.2, 0.25) is 0 Å². The first-order valence-electron chi connectivity index (χ1n) is 9.10. The lowest BCUT2D eigenvalue weighted by Crippen LogP contribution is -2.26. The summed E-state index contributed by atoms with van der Waals surface area (Å²) < 4.78 is 26.7. The molecule has 3 rings (SSSR count). The van der Waals surface area contributed by atoms with Crippen molar-refractivity contribution in [1.29, 1.82) is 0 Å². The summed E-state index contributed by atoms with van der Waals surface area (Å²) in [6.45, 7) is 3.60. The van der Waals surface area contributed by atoms with Crippen LogP contribution in [-0.4, -0.2) is 38.7 Å². The summed E-state index contributed by atoms with van der Waals surface area (Å²) in [6, 6.07) is 10.1. The van der Waals surface area contributed by atoms with Gasteiger partial charge in [-0.05, 0) is 49.8 Å². The van der Waals surface area contributed by atoms with Crippen LogP contribution in [0.1, 0.15) is 29.8 Å². The normalized spacial score (nSPS) is 14.8. The number of ether oxygens (including phenoxy) is 5. The molecular weight excluding hydrogens is 376 g/mol. The molecule has 1 aliphatic heterocycles. The second kappa shape index (κ2) is 8.68. The molecule has 0 aliphatic carbocycles. The van der Waals surface area contributed by atoms with Crippen molar-refractivity contribution in [1.82, 2.24) is 0 Å². The quantitative estimate of drug-likeness (QED) is 0.520. The fraction of sp³-hybridized carbons (Fsp3) is 0.273. The number of rotatable bonds is 7. The van der Waals surface area contributed by atoms with Gasteiger partial charge in [0, 0.05) is 6.07 Å². The van der Waals surface area contributed by atoms with Crippen molar-refractivity contribution in [3.05, 3.63) is 53.3 Å². The number of fused-ring (bicyclic) bond motifs is 1. The van der Waals surface area contributed by atoms with Crippen LogP contribution in [0.3, 0.4) is 0 Å². The Hall–Kier alpha value is -3.48. The minimum Gasteiger partial charge on any atom is -0.493 e. The third-order valence-corrected chi connectivity index (χ3v) is 4.28. The summed E-state index contributed by atoms with van der Waals surface area (Å²) in [5, 5.41) is 0. The third-order valence-electron chi connectivity index (χ3n) is 4.28. The molecule has 7 nitrogen and oxygen atoms in total. The van der Waals surface area contributed by atoms with E-state index in [1.165, 1.54) is 0 Å². The highest BCUT2D eigenvalue weighted by molar-refractivity contribution is 6.14. The summed E-state index contributed by atoms with van der Waals surface area (Å²) >= 11 is 0. The van der Waals surface area contributed by atoms with Crippen LogP contribution in [0.15, 0.2) is 42.2 Å². The SMILES string of the molecule is CCOC(=O)[C@H](C)Oc1ccc2c(c1)OC(=Cc1ccc(OC)c(OC)c1)C2=O. The second-order valence-electron chi connectivity index (χ2n) is 6.22. The Morgan fingerprint density at radius 2 is 1.86 bits per heavy atom. The molecule has 0 radical (unpaired) electrons. The van der Waals surface area contributed by atoms with E-state index in [0.29, 0.717) is 28.6 Å². The van der Waals surface area contributed by atoms with Crippen LogP contribution < -0.4 is 18.9 Å². The minimum absolute atomic E-state index is 0.183. The molecule has 1 aliphatic rings. The van der Waals surface area contributed by atoms with E-state index in [4.69, 9.17) is 23.7 Å². The summed E-state index contributed by atoms with van der Waals surface area (Å²) in [5.74, 6) is 1.41. The van der Waals surface area contributed by atoms with E-state index < -0.39 is 12.1 Å². The molecule has 0 saturated carbocycles. The first kappa shape index (κ1) is 20.3.